The van der Waals surface area contributed by atoms with Crippen LogP contribution in [0.4, 0.5) is 0 Å². The van der Waals surface area contributed by atoms with Crippen molar-refractivity contribution < 1.29 is 24.2 Å². The molecule has 0 aromatic heterocycles. The lowest BCUT2D eigenvalue weighted by atomic mass is 10.2. The van der Waals surface area contributed by atoms with Crippen LogP contribution in [0, 0.1) is 0 Å². The molecule has 1 rings (SSSR count). The van der Waals surface area contributed by atoms with Crippen LogP contribution in [0.25, 0.3) is 0 Å². The first-order chi connectivity index (χ1) is 9.17. The highest BCUT2D eigenvalue weighted by Gasteiger charge is 2.04. The molecule has 0 bridgehead atoms. The smallest absolute Gasteiger partial charge is 0.303 e. The Kier molecular flexibility index (Phi) is 8.87. The summed E-state index contributed by atoms with van der Waals surface area (Å²) in [6.45, 7) is 4.32. The third-order valence-electron chi connectivity index (χ3n) is 2.14. The third-order valence-corrected chi connectivity index (χ3v) is 2.14. The van der Waals surface area contributed by atoms with E-state index in [0.29, 0.717) is 36.4 Å². The van der Waals surface area contributed by atoms with Gasteiger partial charge in [-0.3, -0.25) is 9.59 Å². The van der Waals surface area contributed by atoms with E-state index in [-0.39, 0.29) is 6.42 Å². The van der Waals surface area contributed by atoms with Crippen molar-refractivity contribution in [2.24, 2.45) is 0 Å². The highest BCUT2D eigenvalue weighted by molar-refractivity contribution is 5.79. The number of carbonyl (C=O) groups excluding carboxylic acids is 1. The van der Waals surface area contributed by atoms with E-state index < -0.39 is 5.97 Å². The molecular weight excluding hydrogens is 248 g/mol. The van der Waals surface area contributed by atoms with Crippen LogP contribution in [0.15, 0.2) is 18.2 Å². The van der Waals surface area contributed by atoms with E-state index in [1.807, 2.05) is 13.8 Å². The number of carboxylic acids is 1. The van der Waals surface area contributed by atoms with Gasteiger partial charge in [0, 0.05) is 12.5 Å². The lowest BCUT2D eigenvalue weighted by Crippen LogP contribution is -2.02. The Morgan fingerprint density at radius 2 is 2.05 bits per heavy atom. The van der Waals surface area contributed by atoms with Gasteiger partial charge in [0.15, 0.2) is 6.29 Å². The quantitative estimate of drug-likeness (QED) is 0.608. The second kappa shape index (κ2) is 9.94. The molecule has 0 unspecified atom stereocenters. The Morgan fingerprint density at radius 1 is 1.37 bits per heavy atom. The minimum atomic E-state index is -0.845. The molecule has 0 heterocycles. The van der Waals surface area contributed by atoms with E-state index in [1.165, 1.54) is 7.11 Å². The van der Waals surface area contributed by atoms with E-state index in [0.717, 1.165) is 0 Å². The Labute approximate surface area is 113 Å². The molecule has 0 saturated carbocycles. The highest BCUT2D eigenvalue weighted by atomic mass is 16.5. The van der Waals surface area contributed by atoms with Gasteiger partial charge in [0.05, 0.1) is 19.3 Å². The summed E-state index contributed by atoms with van der Waals surface area (Å²) in [4.78, 5) is 20.9. The van der Waals surface area contributed by atoms with Gasteiger partial charge in [-0.25, -0.2) is 0 Å². The predicted octanol–water partition coefficient (Wildman–Crippen LogP) is 2.78. The number of carboxylic acid groups (broad SMARTS) is 1. The zero-order chi connectivity index (χ0) is 14.7. The third kappa shape index (κ3) is 6.45. The number of aliphatic carboxylic acids is 1. The highest BCUT2D eigenvalue weighted by Crippen LogP contribution is 2.23. The van der Waals surface area contributed by atoms with Gasteiger partial charge in [0.1, 0.15) is 11.5 Å². The van der Waals surface area contributed by atoms with Gasteiger partial charge in [-0.15, -0.1) is 0 Å². The number of carbonyl (C=O) groups is 2. The Balaban J connectivity index is 0.00000154. The molecule has 0 spiro atoms. The van der Waals surface area contributed by atoms with Gasteiger partial charge >= 0.3 is 5.97 Å². The summed E-state index contributed by atoms with van der Waals surface area (Å²) in [5.41, 5.74) is 0.449. The van der Waals surface area contributed by atoms with Gasteiger partial charge < -0.3 is 14.6 Å². The standard InChI is InChI=1S/C12H14O5.C2H6/c1-16-11-7-10(5-4-9(11)8-13)17-6-2-3-12(14)15;1-2/h4-5,7-8H,2-3,6H2,1H3,(H,14,15);1-2H3. The van der Waals surface area contributed by atoms with Crippen LogP contribution in [0.1, 0.15) is 37.0 Å². The zero-order valence-corrected chi connectivity index (χ0v) is 11.5. The molecule has 0 aliphatic heterocycles. The van der Waals surface area contributed by atoms with Crippen molar-refractivity contribution >= 4 is 12.3 Å². The Morgan fingerprint density at radius 3 is 2.58 bits per heavy atom. The molecule has 1 aromatic rings. The Hall–Kier alpha value is -2.04. The summed E-state index contributed by atoms with van der Waals surface area (Å²) >= 11 is 0. The van der Waals surface area contributed by atoms with Crippen molar-refractivity contribution in [3.05, 3.63) is 23.8 Å². The van der Waals surface area contributed by atoms with E-state index >= 15 is 0 Å². The molecule has 19 heavy (non-hydrogen) atoms. The van der Waals surface area contributed by atoms with Gasteiger partial charge in [-0.05, 0) is 18.6 Å². The Bertz CT molecular complexity index is 401. The molecular formula is C14H20O5. The fourth-order valence-electron chi connectivity index (χ4n) is 1.29. The molecule has 5 nitrogen and oxygen atoms in total. The average Bonchev–Trinajstić information content (AvgIpc) is 2.45. The number of rotatable bonds is 7. The maximum absolute atomic E-state index is 10.6. The first kappa shape index (κ1) is 17.0. The van der Waals surface area contributed by atoms with Crippen LogP contribution in [0.2, 0.25) is 0 Å². The lowest BCUT2D eigenvalue weighted by Gasteiger charge is -2.08. The average molecular weight is 268 g/mol. The molecule has 0 aliphatic rings. The van der Waals surface area contributed by atoms with Crippen LogP contribution < -0.4 is 9.47 Å². The molecule has 0 atom stereocenters. The normalized spacial score (nSPS) is 9.00. The summed E-state index contributed by atoms with van der Waals surface area (Å²) in [6, 6.07) is 4.84. The minimum Gasteiger partial charge on any atom is -0.496 e. The molecule has 0 amide bonds. The van der Waals surface area contributed by atoms with Crippen molar-refractivity contribution in [1.29, 1.82) is 0 Å². The maximum Gasteiger partial charge on any atom is 0.303 e. The molecule has 0 radical (unpaired) electrons. The number of aldehydes is 1. The van der Waals surface area contributed by atoms with Gasteiger partial charge in [-0.2, -0.15) is 0 Å². The second-order valence-corrected chi connectivity index (χ2v) is 3.37. The topological polar surface area (TPSA) is 72.8 Å². The fraction of sp³-hybridized carbons (Fsp3) is 0.429. The number of hydrogen-bond acceptors (Lipinski definition) is 4. The van der Waals surface area contributed by atoms with Crippen molar-refractivity contribution in [1.82, 2.24) is 0 Å². The van der Waals surface area contributed by atoms with Crippen molar-refractivity contribution in [3.8, 4) is 11.5 Å². The van der Waals surface area contributed by atoms with Crippen LogP contribution in [0.5, 0.6) is 11.5 Å². The molecule has 0 aliphatic carbocycles. The van der Waals surface area contributed by atoms with E-state index in [9.17, 15) is 9.59 Å². The molecule has 1 N–H and O–H groups in total. The molecule has 0 fully saturated rings. The lowest BCUT2D eigenvalue weighted by molar-refractivity contribution is -0.137. The summed E-state index contributed by atoms with van der Waals surface area (Å²) < 4.78 is 10.4. The van der Waals surface area contributed by atoms with Gasteiger partial charge in [0.25, 0.3) is 0 Å². The van der Waals surface area contributed by atoms with E-state index in [1.54, 1.807) is 18.2 Å². The predicted molar refractivity (Wildman–Crippen MR) is 72.1 cm³/mol. The summed E-state index contributed by atoms with van der Waals surface area (Å²) in [5.74, 6) is 0.149. The minimum absolute atomic E-state index is 0.0730. The van der Waals surface area contributed by atoms with Crippen LogP contribution in [0.3, 0.4) is 0 Å². The molecule has 1 aromatic carbocycles. The number of methoxy groups -OCH3 is 1. The summed E-state index contributed by atoms with van der Waals surface area (Å²) in [7, 11) is 1.47. The molecule has 0 saturated heterocycles. The number of hydrogen-bond donors (Lipinski definition) is 1. The zero-order valence-electron chi connectivity index (χ0n) is 11.5. The molecule has 5 heteroatoms. The number of benzene rings is 1. The second-order valence-electron chi connectivity index (χ2n) is 3.37. The molecule has 106 valence electrons. The SMILES string of the molecule is CC.COc1cc(OCCCC(=O)O)ccc1C=O. The van der Waals surface area contributed by atoms with Gasteiger partial charge in [0.2, 0.25) is 0 Å². The van der Waals surface area contributed by atoms with Crippen LogP contribution >= 0.6 is 0 Å². The fourth-order valence-corrected chi connectivity index (χ4v) is 1.29. The van der Waals surface area contributed by atoms with E-state index in [4.69, 9.17) is 14.6 Å². The van der Waals surface area contributed by atoms with Crippen molar-refractivity contribution in [3.63, 3.8) is 0 Å². The maximum atomic E-state index is 10.6. The first-order valence-electron chi connectivity index (χ1n) is 6.15. The van der Waals surface area contributed by atoms with Crippen LogP contribution in [-0.4, -0.2) is 31.1 Å². The van der Waals surface area contributed by atoms with Crippen molar-refractivity contribution in [2.75, 3.05) is 13.7 Å². The van der Waals surface area contributed by atoms with Gasteiger partial charge in [-0.1, -0.05) is 13.8 Å². The van der Waals surface area contributed by atoms with E-state index in [2.05, 4.69) is 0 Å². The largest absolute Gasteiger partial charge is 0.496 e. The number of ether oxygens (including phenoxy) is 2. The van der Waals surface area contributed by atoms with Crippen LogP contribution in [-0.2, 0) is 4.79 Å². The van der Waals surface area contributed by atoms with Crippen molar-refractivity contribution in [2.45, 2.75) is 26.7 Å². The summed E-state index contributed by atoms with van der Waals surface area (Å²) in [6.07, 6.45) is 1.21. The monoisotopic (exact) mass is 268 g/mol. The summed E-state index contributed by atoms with van der Waals surface area (Å²) in [5, 5.41) is 8.45. The first-order valence-corrected chi connectivity index (χ1v) is 6.15.